The van der Waals surface area contributed by atoms with Crippen LogP contribution in [0, 0.1) is 0 Å². The molecule has 1 fully saturated rings. The van der Waals surface area contributed by atoms with Gasteiger partial charge in [-0.25, -0.2) is 4.79 Å². The fraction of sp³-hybridized carbons (Fsp3) is 0.600. The van der Waals surface area contributed by atoms with Gasteiger partial charge in [0.15, 0.2) is 6.23 Å². The lowest BCUT2D eigenvalue weighted by molar-refractivity contribution is -0.0771. The minimum Gasteiger partial charge on any atom is -0.374 e. The van der Waals surface area contributed by atoms with Crippen molar-refractivity contribution in [2.75, 3.05) is 7.11 Å². The third-order valence-corrected chi connectivity index (χ3v) is 4.58. The molecule has 0 spiro atoms. The molecular weight excluding hydrogens is 367 g/mol. The molecule has 11 heteroatoms. The van der Waals surface area contributed by atoms with E-state index in [9.17, 15) is 23.9 Å². The molecule has 1 saturated heterocycles. The largest absolute Gasteiger partial charge is 0.374 e. The van der Waals surface area contributed by atoms with Crippen molar-refractivity contribution in [3.63, 3.8) is 0 Å². The Morgan fingerprint density at radius 2 is 2.04 bits per heavy atom. The van der Waals surface area contributed by atoms with Crippen LogP contribution in [0.4, 0.5) is 0 Å². The van der Waals surface area contributed by atoms with Gasteiger partial charge in [-0.05, 0) is 26.3 Å². The summed E-state index contributed by atoms with van der Waals surface area (Å²) in [5, 5.41) is 0. The zero-order chi connectivity index (χ0) is 19.6. The summed E-state index contributed by atoms with van der Waals surface area (Å²) in [5.41, 5.74) is -0.988. The van der Waals surface area contributed by atoms with Crippen molar-refractivity contribution in [2.24, 2.45) is 0 Å². The molecule has 0 bridgehead atoms. The topological polar surface area (TPSA) is 140 Å². The Bertz CT molecular complexity index is 823. The molecule has 3 N–H and O–H groups in total. The number of nitrogens with one attached hydrogen (secondary N) is 1. The summed E-state index contributed by atoms with van der Waals surface area (Å²) in [6, 6.07) is 1.17. The Morgan fingerprint density at radius 1 is 1.38 bits per heavy atom. The van der Waals surface area contributed by atoms with E-state index in [1.165, 1.54) is 26.3 Å². The van der Waals surface area contributed by atoms with Crippen molar-refractivity contribution >= 4 is 7.60 Å². The molecule has 1 aromatic rings. The maximum absolute atomic E-state index is 12.1. The molecule has 2 unspecified atom stereocenters. The van der Waals surface area contributed by atoms with Crippen molar-refractivity contribution in [2.45, 2.75) is 51.4 Å². The van der Waals surface area contributed by atoms with Crippen LogP contribution < -0.4 is 11.2 Å². The van der Waals surface area contributed by atoms with E-state index in [1.54, 1.807) is 13.8 Å². The molecule has 146 valence electrons. The first kappa shape index (κ1) is 20.8. The van der Waals surface area contributed by atoms with Crippen LogP contribution in [0.5, 0.6) is 0 Å². The minimum atomic E-state index is -4.43. The number of nitrogens with zero attached hydrogens (tertiary/aromatic N) is 1. The molecule has 1 aliphatic heterocycles. The summed E-state index contributed by atoms with van der Waals surface area (Å²) in [5.74, 6) is 0.805. The number of rotatable bonds is 6. The molecule has 4 atom stereocenters. The van der Waals surface area contributed by atoms with Crippen LogP contribution in [-0.2, 0) is 18.8 Å². The summed E-state index contributed by atoms with van der Waals surface area (Å²) < 4.78 is 29.7. The van der Waals surface area contributed by atoms with E-state index in [2.05, 4.69) is 4.98 Å². The van der Waals surface area contributed by atoms with Gasteiger partial charge in [-0.15, -0.1) is 0 Å². The van der Waals surface area contributed by atoms with E-state index in [0.717, 1.165) is 10.4 Å². The smallest absolute Gasteiger partial charge is 0.349 e. The summed E-state index contributed by atoms with van der Waals surface area (Å²) >= 11 is 0. The predicted octanol–water partition coefficient (Wildman–Crippen LogP) is 0.324. The quantitative estimate of drug-likeness (QED) is 0.590. The van der Waals surface area contributed by atoms with Crippen molar-refractivity contribution in [1.82, 2.24) is 9.55 Å². The highest BCUT2D eigenvalue weighted by molar-refractivity contribution is 7.55. The van der Waals surface area contributed by atoms with Crippen LogP contribution in [-0.4, -0.2) is 50.9 Å². The fourth-order valence-electron chi connectivity index (χ4n) is 2.91. The number of aromatic nitrogens is 2. The van der Waals surface area contributed by atoms with Gasteiger partial charge in [0, 0.05) is 25.2 Å². The highest BCUT2D eigenvalue weighted by Gasteiger charge is 2.48. The van der Waals surface area contributed by atoms with Crippen LogP contribution >= 0.6 is 7.60 Å². The third-order valence-electron chi connectivity index (χ3n) is 3.84. The van der Waals surface area contributed by atoms with Gasteiger partial charge in [0.1, 0.15) is 18.3 Å². The van der Waals surface area contributed by atoms with Crippen molar-refractivity contribution in [3.05, 3.63) is 44.5 Å². The van der Waals surface area contributed by atoms with Gasteiger partial charge in [-0.2, -0.15) is 0 Å². The molecule has 0 radical (unpaired) electrons. The van der Waals surface area contributed by atoms with E-state index >= 15 is 0 Å². The van der Waals surface area contributed by atoms with Gasteiger partial charge >= 0.3 is 13.3 Å². The standard InChI is InChI=1S/C15H23N2O8P/c1-8(2)24-12-11(9(3)7-26(20,21)22)25-14(13(12)23-4)17-6-5-10(18)16-15(17)19/h5-8,11-14H,1-4H3,(H,16,18,19)(H2,20,21,22)/b9-7+/t11-,12?,13?,14-/m1/s1. The molecule has 26 heavy (non-hydrogen) atoms. The highest BCUT2D eigenvalue weighted by atomic mass is 31.2. The molecule has 0 amide bonds. The number of H-pyrrole nitrogens is 1. The lowest BCUT2D eigenvalue weighted by Crippen LogP contribution is -2.40. The van der Waals surface area contributed by atoms with Crippen molar-refractivity contribution in [3.8, 4) is 0 Å². The zero-order valence-corrected chi connectivity index (χ0v) is 15.8. The monoisotopic (exact) mass is 390 g/mol. The van der Waals surface area contributed by atoms with Gasteiger partial charge in [0.05, 0.1) is 6.10 Å². The van der Waals surface area contributed by atoms with Gasteiger partial charge in [0.2, 0.25) is 0 Å². The molecule has 1 aliphatic rings. The number of ether oxygens (including phenoxy) is 3. The van der Waals surface area contributed by atoms with E-state index in [4.69, 9.17) is 14.2 Å². The molecule has 0 aromatic carbocycles. The second-order valence-corrected chi connectivity index (χ2v) is 7.71. The maximum atomic E-state index is 12.1. The number of aromatic amines is 1. The van der Waals surface area contributed by atoms with Crippen LogP contribution in [0.2, 0.25) is 0 Å². The van der Waals surface area contributed by atoms with E-state index < -0.39 is 43.4 Å². The fourth-order valence-corrected chi connectivity index (χ4v) is 3.59. The van der Waals surface area contributed by atoms with E-state index in [0.29, 0.717) is 0 Å². The summed E-state index contributed by atoms with van der Waals surface area (Å²) in [6.07, 6.45) is -2.21. The number of hydrogen-bond donors (Lipinski definition) is 3. The third kappa shape index (κ3) is 4.79. The molecule has 0 saturated carbocycles. The molecule has 1 aromatic heterocycles. The maximum Gasteiger partial charge on any atom is 0.349 e. The first-order valence-electron chi connectivity index (χ1n) is 7.93. The van der Waals surface area contributed by atoms with Crippen LogP contribution in [0.3, 0.4) is 0 Å². The summed E-state index contributed by atoms with van der Waals surface area (Å²) in [6.45, 7) is 5.10. The van der Waals surface area contributed by atoms with E-state index in [1.807, 2.05) is 0 Å². The average Bonchev–Trinajstić information content (AvgIpc) is 2.83. The summed E-state index contributed by atoms with van der Waals surface area (Å²) in [4.78, 5) is 44.0. The first-order valence-corrected chi connectivity index (χ1v) is 9.61. The lowest BCUT2D eigenvalue weighted by Gasteiger charge is -2.25. The molecule has 10 nitrogen and oxygen atoms in total. The minimum absolute atomic E-state index is 0.224. The molecule has 0 aliphatic carbocycles. The van der Waals surface area contributed by atoms with Crippen LogP contribution in [0.25, 0.3) is 0 Å². The summed E-state index contributed by atoms with van der Waals surface area (Å²) in [7, 11) is -3.01. The number of methoxy groups -OCH3 is 1. The van der Waals surface area contributed by atoms with Gasteiger partial charge in [-0.1, -0.05) is 0 Å². The predicted molar refractivity (Wildman–Crippen MR) is 91.8 cm³/mol. The Morgan fingerprint density at radius 3 is 2.54 bits per heavy atom. The SMILES string of the molecule is COC1C(OC(C)C)[C@@H](/C(C)=C/P(=O)(O)O)O[C@H]1n1ccc(=O)[nH]c1=O. The van der Waals surface area contributed by atoms with E-state index in [-0.39, 0.29) is 11.7 Å². The Labute approximate surface area is 149 Å². The van der Waals surface area contributed by atoms with Crippen molar-refractivity contribution in [1.29, 1.82) is 0 Å². The Kier molecular flexibility index (Phi) is 6.38. The van der Waals surface area contributed by atoms with Crippen LogP contribution in [0.15, 0.2) is 33.2 Å². The second-order valence-electron chi connectivity index (χ2n) is 6.28. The van der Waals surface area contributed by atoms with Gasteiger partial charge in [-0.3, -0.25) is 18.9 Å². The van der Waals surface area contributed by atoms with Crippen molar-refractivity contribution < 1.29 is 28.6 Å². The second kappa shape index (κ2) is 7.99. The zero-order valence-electron chi connectivity index (χ0n) is 14.9. The molecule has 2 heterocycles. The first-order chi connectivity index (χ1) is 12.0. The van der Waals surface area contributed by atoms with Gasteiger partial charge < -0.3 is 24.0 Å². The van der Waals surface area contributed by atoms with Gasteiger partial charge in [0.25, 0.3) is 5.56 Å². The molecule has 2 rings (SSSR count). The Balaban J connectivity index is 2.48. The lowest BCUT2D eigenvalue weighted by atomic mass is 10.0. The average molecular weight is 390 g/mol. The number of hydrogen-bond acceptors (Lipinski definition) is 6. The van der Waals surface area contributed by atoms with Crippen LogP contribution in [0.1, 0.15) is 27.0 Å². The normalized spacial score (nSPS) is 27.3. The highest BCUT2D eigenvalue weighted by Crippen LogP contribution is 2.42. The molecular formula is C15H23N2O8P. The Hall–Kier alpha value is -1.55.